The van der Waals surface area contributed by atoms with Crippen LogP contribution in [0.15, 0.2) is 18.2 Å². The third kappa shape index (κ3) is 4.29. The first-order valence-corrected chi connectivity index (χ1v) is 9.04. The molecule has 2 rings (SSSR count). The number of methoxy groups -OCH3 is 1. The van der Waals surface area contributed by atoms with Gasteiger partial charge < -0.3 is 14.8 Å². The van der Waals surface area contributed by atoms with Crippen LogP contribution in [0.5, 0.6) is 5.75 Å². The topological polar surface area (TPSA) is 47.6 Å². The smallest absolute Gasteiger partial charge is 0.256 e. The second kappa shape index (κ2) is 8.02. The van der Waals surface area contributed by atoms with Crippen molar-refractivity contribution in [2.24, 2.45) is 5.92 Å². The Labute approximate surface area is 145 Å². The average Bonchev–Trinajstić information content (AvgIpc) is 2.56. The molecule has 4 nitrogen and oxygen atoms in total. The molecule has 1 aliphatic rings. The number of ether oxygens (including phenoxy) is 2. The van der Waals surface area contributed by atoms with E-state index in [1.54, 1.807) is 7.11 Å². The SMILES string of the molecule is CC[C@H](C)Oc1ccc(NC(=O)[C@@]2(OC)CCC[C@@H](C)C2)cc1C. The van der Waals surface area contributed by atoms with Gasteiger partial charge in [-0.15, -0.1) is 0 Å². The van der Waals surface area contributed by atoms with E-state index in [0.29, 0.717) is 5.92 Å². The summed E-state index contributed by atoms with van der Waals surface area (Å²) >= 11 is 0. The van der Waals surface area contributed by atoms with Crippen molar-refractivity contribution in [2.75, 3.05) is 12.4 Å². The average molecular weight is 333 g/mol. The third-order valence-corrected chi connectivity index (χ3v) is 5.10. The van der Waals surface area contributed by atoms with Crippen molar-refractivity contribution >= 4 is 11.6 Å². The number of hydrogen-bond donors (Lipinski definition) is 1. The Morgan fingerprint density at radius 2 is 2.21 bits per heavy atom. The van der Waals surface area contributed by atoms with Gasteiger partial charge >= 0.3 is 0 Å². The number of hydrogen-bond acceptors (Lipinski definition) is 3. The van der Waals surface area contributed by atoms with Gasteiger partial charge in [0.15, 0.2) is 0 Å². The standard InChI is InChI=1S/C20H31NO3/c1-6-16(4)24-18-10-9-17(12-15(18)3)21-19(22)20(23-5)11-7-8-14(2)13-20/h9-10,12,14,16H,6-8,11,13H2,1-5H3,(H,21,22)/t14-,16+,20-/m1/s1. The van der Waals surface area contributed by atoms with Crippen molar-refractivity contribution in [1.82, 2.24) is 0 Å². The minimum atomic E-state index is -0.697. The first-order chi connectivity index (χ1) is 11.4. The Balaban J connectivity index is 2.09. The van der Waals surface area contributed by atoms with E-state index in [-0.39, 0.29) is 12.0 Å². The molecule has 3 atom stereocenters. The van der Waals surface area contributed by atoms with Crippen LogP contribution in [0.2, 0.25) is 0 Å². The molecular formula is C20H31NO3. The summed E-state index contributed by atoms with van der Waals surface area (Å²) in [6, 6.07) is 5.80. The van der Waals surface area contributed by atoms with Gasteiger partial charge in [-0.25, -0.2) is 0 Å². The molecule has 134 valence electrons. The van der Waals surface area contributed by atoms with Crippen molar-refractivity contribution < 1.29 is 14.3 Å². The summed E-state index contributed by atoms with van der Waals surface area (Å²) in [5.41, 5.74) is 1.12. The molecule has 1 fully saturated rings. The highest BCUT2D eigenvalue weighted by molar-refractivity contribution is 5.97. The third-order valence-electron chi connectivity index (χ3n) is 5.10. The number of nitrogens with one attached hydrogen (secondary N) is 1. The van der Waals surface area contributed by atoms with Gasteiger partial charge in [0.05, 0.1) is 6.10 Å². The van der Waals surface area contributed by atoms with Gasteiger partial charge in [0.25, 0.3) is 5.91 Å². The van der Waals surface area contributed by atoms with Crippen LogP contribution in [0.4, 0.5) is 5.69 Å². The normalized spacial score (nSPS) is 25.1. The van der Waals surface area contributed by atoms with E-state index in [1.165, 1.54) is 6.42 Å². The highest BCUT2D eigenvalue weighted by Crippen LogP contribution is 2.36. The molecule has 0 saturated heterocycles. The Hall–Kier alpha value is -1.55. The first-order valence-electron chi connectivity index (χ1n) is 9.04. The largest absolute Gasteiger partial charge is 0.490 e. The quantitative estimate of drug-likeness (QED) is 0.820. The zero-order chi connectivity index (χ0) is 17.7. The van der Waals surface area contributed by atoms with Crippen molar-refractivity contribution in [1.29, 1.82) is 0 Å². The highest BCUT2D eigenvalue weighted by Gasteiger charge is 2.42. The number of rotatable bonds is 6. The van der Waals surface area contributed by atoms with E-state index < -0.39 is 5.60 Å². The minimum Gasteiger partial charge on any atom is -0.490 e. The number of carbonyl (C=O) groups is 1. The van der Waals surface area contributed by atoms with Crippen LogP contribution < -0.4 is 10.1 Å². The summed E-state index contributed by atoms with van der Waals surface area (Å²) < 4.78 is 11.6. The molecule has 1 amide bonds. The molecule has 0 heterocycles. The molecular weight excluding hydrogens is 302 g/mol. The molecule has 4 heteroatoms. The molecule has 0 unspecified atom stereocenters. The Morgan fingerprint density at radius 3 is 2.79 bits per heavy atom. The van der Waals surface area contributed by atoms with Crippen LogP contribution >= 0.6 is 0 Å². The summed E-state index contributed by atoms with van der Waals surface area (Å²) in [6.45, 7) is 8.35. The van der Waals surface area contributed by atoms with E-state index in [0.717, 1.165) is 42.7 Å². The molecule has 0 spiro atoms. The molecule has 0 radical (unpaired) electrons. The Kier molecular flexibility index (Phi) is 6.27. The summed E-state index contributed by atoms with van der Waals surface area (Å²) in [7, 11) is 1.64. The van der Waals surface area contributed by atoms with E-state index in [9.17, 15) is 4.79 Å². The van der Waals surface area contributed by atoms with E-state index in [1.807, 2.05) is 25.1 Å². The maximum atomic E-state index is 12.8. The molecule has 1 N–H and O–H groups in total. The molecule has 1 aromatic carbocycles. The van der Waals surface area contributed by atoms with Gasteiger partial charge in [0.1, 0.15) is 11.4 Å². The number of aryl methyl sites for hydroxylation is 1. The number of carbonyl (C=O) groups excluding carboxylic acids is 1. The fraction of sp³-hybridized carbons (Fsp3) is 0.650. The van der Waals surface area contributed by atoms with Gasteiger partial charge in [0, 0.05) is 12.8 Å². The molecule has 1 aliphatic carbocycles. The maximum absolute atomic E-state index is 12.8. The van der Waals surface area contributed by atoms with Crippen LogP contribution in [0, 0.1) is 12.8 Å². The molecule has 0 bridgehead atoms. The van der Waals surface area contributed by atoms with E-state index >= 15 is 0 Å². The molecule has 0 aromatic heterocycles. The van der Waals surface area contributed by atoms with Gasteiger partial charge in [-0.05, 0) is 69.2 Å². The van der Waals surface area contributed by atoms with Crippen molar-refractivity contribution in [3.05, 3.63) is 23.8 Å². The molecule has 1 saturated carbocycles. The lowest BCUT2D eigenvalue weighted by Gasteiger charge is -2.37. The second-order valence-electron chi connectivity index (χ2n) is 7.17. The minimum absolute atomic E-state index is 0.0356. The summed E-state index contributed by atoms with van der Waals surface area (Å²) in [6.07, 6.45) is 4.91. The number of benzene rings is 1. The number of anilines is 1. The lowest BCUT2D eigenvalue weighted by molar-refractivity contribution is -0.143. The zero-order valence-corrected chi connectivity index (χ0v) is 15.6. The summed E-state index contributed by atoms with van der Waals surface area (Å²) in [4.78, 5) is 12.8. The van der Waals surface area contributed by atoms with Crippen LogP contribution in [-0.4, -0.2) is 24.7 Å². The molecule has 24 heavy (non-hydrogen) atoms. The van der Waals surface area contributed by atoms with E-state index in [4.69, 9.17) is 9.47 Å². The summed E-state index contributed by atoms with van der Waals surface area (Å²) in [5, 5.41) is 3.04. The van der Waals surface area contributed by atoms with Crippen molar-refractivity contribution in [3.8, 4) is 5.75 Å². The second-order valence-corrected chi connectivity index (χ2v) is 7.17. The lowest BCUT2D eigenvalue weighted by Crippen LogP contribution is -2.47. The van der Waals surface area contributed by atoms with Crippen LogP contribution in [0.1, 0.15) is 58.4 Å². The molecule has 0 aliphatic heterocycles. The zero-order valence-electron chi connectivity index (χ0n) is 15.6. The van der Waals surface area contributed by atoms with Gasteiger partial charge in [-0.2, -0.15) is 0 Å². The van der Waals surface area contributed by atoms with Gasteiger partial charge in [-0.3, -0.25) is 4.79 Å². The fourth-order valence-corrected chi connectivity index (χ4v) is 3.39. The van der Waals surface area contributed by atoms with Gasteiger partial charge in [0.2, 0.25) is 0 Å². The molecule has 1 aromatic rings. The fourth-order valence-electron chi connectivity index (χ4n) is 3.39. The number of amides is 1. The lowest BCUT2D eigenvalue weighted by atomic mass is 9.78. The Morgan fingerprint density at radius 1 is 1.46 bits per heavy atom. The highest BCUT2D eigenvalue weighted by atomic mass is 16.5. The van der Waals surface area contributed by atoms with Gasteiger partial charge in [-0.1, -0.05) is 20.3 Å². The Bertz CT molecular complexity index is 572. The first kappa shape index (κ1) is 18.8. The van der Waals surface area contributed by atoms with Crippen LogP contribution in [-0.2, 0) is 9.53 Å². The van der Waals surface area contributed by atoms with Crippen LogP contribution in [0.25, 0.3) is 0 Å². The summed E-state index contributed by atoms with van der Waals surface area (Å²) in [5.74, 6) is 1.35. The maximum Gasteiger partial charge on any atom is 0.256 e. The van der Waals surface area contributed by atoms with Crippen molar-refractivity contribution in [2.45, 2.75) is 71.5 Å². The predicted molar refractivity (Wildman–Crippen MR) is 97.6 cm³/mol. The van der Waals surface area contributed by atoms with Crippen LogP contribution in [0.3, 0.4) is 0 Å². The monoisotopic (exact) mass is 333 g/mol. The predicted octanol–water partition coefficient (Wildman–Crippen LogP) is 4.71. The van der Waals surface area contributed by atoms with E-state index in [2.05, 4.69) is 26.1 Å². The van der Waals surface area contributed by atoms with Crippen molar-refractivity contribution in [3.63, 3.8) is 0 Å².